The molecule has 2 aromatic heterocycles. The van der Waals surface area contributed by atoms with Crippen molar-refractivity contribution in [1.82, 2.24) is 14.8 Å². The average molecular weight is 271 g/mol. The molecule has 0 saturated carbocycles. The van der Waals surface area contributed by atoms with Crippen LogP contribution in [0.4, 0.5) is 5.69 Å². The average Bonchev–Trinajstić information content (AvgIpc) is 2.89. The molecular formula is C14H11ClN4. The number of anilines is 1. The van der Waals surface area contributed by atoms with Crippen LogP contribution in [-0.4, -0.2) is 14.8 Å². The second-order valence-electron chi connectivity index (χ2n) is 4.09. The third-order valence-electron chi connectivity index (χ3n) is 2.85. The number of para-hydroxylation sites is 1. The summed E-state index contributed by atoms with van der Waals surface area (Å²) in [6.07, 6.45) is 6.93. The van der Waals surface area contributed by atoms with E-state index in [9.17, 15) is 0 Å². The van der Waals surface area contributed by atoms with E-state index in [1.807, 2.05) is 36.5 Å². The third-order valence-corrected chi connectivity index (χ3v) is 3.14. The highest BCUT2D eigenvalue weighted by molar-refractivity contribution is 6.32. The molecule has 19 heavy (non-hydrogen) atoms. The second kappa shape index (κ2) is 4.74. The van der Waals surface area contributed by atoms with E-state index in [-0.39, 0.29) is 0 Å². The molecule has 2 N–H and O–H groups in total. The van der Waals surface area contributed by atoms with Gasteiger partial charge < -0.3 is 5.73 Å². The zero-order valence-electron chi connectivity index (χ0n) is 9.99. The maximum absolute atomic E-state index is 6.10. The van der Waals surface area contributed by atoms with Crippen LogP contribution >= 0.6 is 11.6 Å². The molecule has 0 aliphatic rings. The number of nitrogen functional groups attached to an aromatic ring is 1. The van der Waals surface area contributed by atoms with Crippen molar-refractivity contribution in [2.75, 3.05) is 5.73 Å². The Balaban J connectivity index is 2.06. The lowest BCUT2D eigenvalue weighted by atomic mass is 10.1. The van der Waals surface area contributed by atoms with Gasteiger partial charge >= 0.3 is 0 Å². The molecule has 5 heteroatoms. The molecule has 3 aromatic rings. The third kappa shape index (κ3) is 2.18. The standard InChI is InChI=1S/C14H11ClN4/c15-12-8-17-6-5-14(12)19-9-10(7-18-19)11-3-1-2-4-13(11)16/h1-9H,16H2. The molecule has 0 aliphatic heterocycles. The van der Waals surface area contributed by atoms with Crippen LogP contribution in [0, 0.1) is 0 Å². The molecule has 0 aliphatic carbocycles. The molecule has 0 unspecified atom stereocenters. The van der Waals surface area contributed by atoms with Crippen LogP contribution < -0.4 is 5.73 Å². The van der Waals surface area contributed by atoms with Gasteiger partial charge in [-0.2, -0.15) is 5.10 Å². The van der Waals surface area contributed by atoms with Crippen LogP contribution in [0.1, 0.15) is 0 Å². The van der Waals surface area contributed by atoms with E-state index in [4.69, 9.17) is 17.3 Å². The Labute approximate surface area is 115 Å². The predicted molar refractivity (Wildman–Crippen MR) is 76.2 cm³/mol. The van der Waals surface area contributed by atoms with E-state index < -0.39 is 0 Å². The van der Waals surface area contributed by atoms with E-state index in [1.165, 1.54) is 0 Å². The van der Waals surface area contributed by atoms with Crippen LogP contribution in [0.3, 0.4) is 0 Å². The Kier molecular flexibility index (Phi) is 2.93. The summed E-state index contributed by atoms with van der Waals surface area (Å²) in [6.45, 7) is 0. The monoisotopic (exact) mass is 270 g/mol. The van der Waals surface area contributed by atoms with Crippen molar-refractivity contribution in [2.45, 2.75) is 0 Å². The molecule has 0 amide bonds. The predicted octanol–water partition coefficient (Wildman–Crippen LogP) is 3.17. The van der Waals surface area contributed by atoms with Gasteiger partial charge in [0.1, 0.15) is 0 Å². The quantitative estimate of drug-likeness (QED) is 0.728. The maximum Gasteiger partial charge on any atom is 0.0863 e. The molecule has 0 saturated heterocycles. The van der Waals surface area contributed by atoms with Gasteiger partial charge in [-0.05, 0) is 12.1 Å². The highest BCUT2D eigenvalue weighted by Gasteiger charge is 2.08. The minimum atomic E-state index is 0.554. The minimum Gasteiger partial charge on any atom is -0.398 e. The van der Waals surface area contributed by atoms with Gasteiger partial charge in [-0.15, -0.1) is 0 Å². The van der Waals surface area contributed by atoms with Crippen molar-refractivity contribution in [1.29, 1.82) is 0 Å². The van der Waals surface area contributed by atoms with Crippen LogP contribution in [-0.2, 0) is 0 Å². The van der Waals surface area contributed by atoms with E-state index >= 15 is 0 Å². The number of rotatable bonds is 2. The summed E-state index contributed by atoms with van der Waals surface area (Å²) in [5.74, 6) is 0. The second-order valence-corrected chi connectivity index (χ2v) is 4.50. The molecule has 0 atom stereocenters. The van der Waals surface area contributed by atoms with Gasteiger partial charge in [-0.3, -0.25) is 4.98 Å². The number of aromatic nitrogens is 3. The fourth-order valence-corrected chi connectivity index (χ4v) is 2.11. The molecular weight excluding hydrogens is 260 g/mol. The van der Waals surface area contributed by atoms with Gasteiger partial charge in [-0.1, -0.05) is 29.8 Å². The molecule has 0 radical (unpaired) electrons. The minimum absolute atomic E-state index is 0.554. The number of pyridine rings is 1. The summed E-state index contributed by atoms with van der Waals surface area (Å²) >= 11 is 6.10. The highest BCUT2D eigenvalue weighted by atomic mass is 35.5. The fourth-order valence-electron chi connectivity index (χ4n) is 1.91. The van der Waals surface area contributed by atoms with E-state index in [2.05, 4.69) is 10.1 Å². The normalized spacial score (nSPS) is 10.6. The summed E-state index contributed by atoms with van der Waals surface area (Å²) in [5.41, 5.74) is 9.38. The van der Waals surface area contributed by atoms with Crippen molar-refractivity contribution < 1.29 is 0 Å². The molecule has 2 heterocycles. The molecule has 94 valence electrons. The Morgan fingerprint density at radius 2 is 1.95 bits per heavy atom. The summed E-state index contributed by atoms with van der Waals surface area (Å²) in [5, 5.41) is 4.87. The first-order valence-electron chi connectivity index (χ1n) is 5.75. The number of nitrogens with zero attached hydrogens (tertiary/aromatic N) is 3. The summed E-state index contributed by atoms with van der Waals surface area (Å²) in [6, 6.07) is 9.50. The maximum atomic E-state index is 6.10. The molecule has 4 nitrogen and oxygen atoms in total. The summed E-state index contributed by atoms with van der Waals surface area (Å²) < 4.78 is 1.71. The lowest BCUT2D eigenvalue weighted by Crippen LogP contribution is -1.95. The van der Waals surface area contributed by atoms with Crippen molar-refractivity contribution >= 4 is 17.3 Å². The number of hydrogen-bond donors (Lipinski definition) is 1. The van der Waals surface area contributed by atoms with Crippen LogP contribution in [0.2, 0.25) is 5.02 Å². The van der Waals surface area contributed by atoms with E-state index in [0.29, 0.717) is 5.02 Å². The largest absolute Gasteiger partial charge is 0.398 e. The van der Waals surface area contributed by atoms with Gasteiger partial charge in [-0.25, -0.2) is 4.68 Å². The van der Waals surface area contributed by atoms with E-state index in [1.54, 1.807) is 23.3 Å². The zero-order valence-corrected chi connectivity index (χ0v) is 10.7. The number of halogens is 1. The van der Waals surface area contributed by atoms with Crippen LogP contribution in [0.15, 0.2) is 55.1 Å². The Morgan fingerprint density at radius 3 is 2.74 bits per heavy atom. The molecule has 3 rings (SSSR count). The van der Waals surface area contributed by atoms with Gasteiger partial charge in [0.15, 0.2) is 0 Å². The first-order valence-corrected chi connectivity index (χ1v) is 6.13. The molecule has 0 spiro atoms. The van der Waals surface area contributed by atoms with Crippen LogP contribution in [0.25, 0.3) is 16.8 Å². The number of nitrogens with two attached hydrogens (primary N) is 1. The van der Waals surface area contributed by atoms with Gasteiger partial charge in [0, 0.05) is 35.4 Å². The molecule has 0 bridgehead atoms. The lowest BCUT2D eigenvalue weighted by molar-refractivity contribution is 0.878. The lowest BCUT2D eigenvalue weighted by Gasteiger charge is -2.03. The topological polar surface area (TPSA) is 56.7 Å². The van der Waals surface area contributed by atoms with Gasteiger partial charge in [0.05, 0.1) is 16.9 Å². The zero-order chi connectivity index (χ0) is 13.2. The molecule has 0 fully saturated rings. The Morgan fingerprint density at radius 1 is 1.11 bits per heavy atom. The SMILES string of the molecule is Nc1ccccc1-c1cnn(-c2ccncc2Cl)c1. The van der Waals surface area contributed by atoms with E-state index in [0.717, 1.165) is 22.5 Å². The smallest absolute Gasteiger partial charge is 0.0863 e. The van der Waals surface area contributed by atoms with Crippen molar-refractivity contribution in [3.63, 3.8) is 0 Å². The first kappa shape index (κ1) is 11.7. The van der Waals surface area contributed by atoms with Crippen LogP contribution in [0.5, 0.6) is 0 Å². The fraction of sp³-hybridized carbons (Fsp3) is 0. The van der Waals surface area contributed by atoms with Gasteiger partial charge in [0.2, 0.25) is 0 Å². The highest BCUT2D eigenvalue weighted by Crippen LogP contribution is 2.26. The summed E-state index contributed by atoms with van der Waals surface area (Å²) in [7, 11) is 0. The summed E-state index contributed by atoms with van der Waals surface area (Å²) in [4.78, 5) is 3.96. The Bertz CT molecular complexity index is 661. The number of benzene rings is 1. The number of hydrogen-bond acceptors (Lipinski definition) is 3. The van der Waals surface area contributed by atoms with Crippen molar-refractivity contribution in [2.24, 2.45) is 0 Å². The first-order chi connectivity index (χ1) is 9.25. The molecule has 1 aromatic carbocycles. The van der Waals surface area contributed by atoms with Crippen molar-refractivity contribution in [3.05, 3.63) is 60.1 Å². The van der Waals surface area contributed by atoms with Crippen molar-refractivity contribution in [3.8, 4) is 16.8 Å². The Hall–Kier alpha value is -2.33. The van der Waals surface area contributed by atoms with Gasteiger partial charge in [0.25, 0.3) is 0 Å².